The fourth-order valence-electron chi connectivity index (χ4n) is 1.02. The number of rotatable bonds is 3. The van der Waals surface area contributed by atoms with Gasteiger partial charge in [-0.1, -0.05) is 0 Å². The zero-order chi connectivity index (χ0) is 10.6. The van der Waals surface area contributed by atoms with Crippen LogP contribution in [-0.4, -0.2) is 49.1 Å². The van der Waals surface area contributed by atoms with Crippen molar-refractivity contribution in [3.8, 4) is 0 Å². The summed E-state index contributed by atoms with van der Waals surface area (Å²) in [4.78, 5) is 16.8. The summed E-state index contributed by atoms with van der Waals surface area (Å²) in [5.74, 6) is -0.810. The lowest BCUT2D eigenvalue weighted by atomic mass is 10.4. The van der Waals surface area contributed by atoms with Crippen molar-refractivity contribution in [2.24, 2.45) is 0 Å². The second-order valence-corrected chi connectivity index (χ2v) is 2.88. The Labute approximate surface area is 77.7 Å². The van der Waals surface area contributed by atoms with E-state index in [0.717, 1.165) is 0 Å². The summed E-state index contributed by atoms with van der Waals surface area (Å²) >= 11 is 0. The molecule has 0 heterocycles. The third-order valence-electron chi connectivity index (χ3n) is 1.37. The summed E-state index contributed by atoms with van der Waals surface area (Å²) in [5, 5.41) is 8.72. The first-order chi connectivity index (χ1) is 5.91. The highest BCUT2D eigenvalue weighted by molar-refractivity contribution is 5.89. The van der Waals surface area contributed by atoms with Gasteiger partial charge in [0.1, 0.15) is 5.82 Å². The monoisotopic (exact) mass is 183 g/mol. The molecule has 0 saturated carbocycles. The standard InChI is InChI=1S/C8H13N3O2/c1-9-6(8(12)13)7(10(2)3)11(4)5/h2-5H3,(H,12,13). The van der Waals surface area contributed by atoms with E-state index in [2.05, 4.69) is 4.85 Å². The quantitative estimate of drug-likeness (QED) is 0.504. The number of carboxylic acids is 1. The van der Waals surface area contributed by atoms with Gasteiger partial charge in [-0.15, -0.1) is 0 Å². The maximum atomic E-state index is 10.7. The van der Waals surface area contributed by atoms with Gasteiger partial charge in [0, 0.05) is 28.2 Å². The molecule has 1 N–H and O–H groups in total. The lowest BCUT2D eigenvalue weighted by Gasteiger charge is -2.25. The van der Waals surface area contributed by atoms with Crippen LogP contribution < -0.4 is 0 Å². The van der Waals surface area contributed by atoms with Gasteiger partial charge in [0.15, 0.2) is 0 Å². The van der Waals surface area contributed by atoms with E-state index in [-0.39, 0.29) is 5.70 Å². The van der Waals surface area contributed by atoms with Crippen LogP contribution in [0.4, 0.5) is 0 Å². The van der Waals surface area contributed by atoms with Gasteiger partial charge in [-0.3, -0.25) is 4.79 Å². The molecule has 0 aliphatic heterocycles. The van der Waals surface area contributed by atoms with Gasteiger partial charge in [0.05, 0.1) is 6.57 Å². The summed E-state index contributed by atoms with van der Waals surface area (Å²) in [7, 11) is 6.79. The second kappa shape index (κ2) is 4.36. The summed E-state index contributed by atoms with van der Waals surface area (Å²) in [6, 6.07) is 0. The number of aliphatic carboxylic acids is 1. The molecule has 0 aromatic rings. The minimum absolute atomic E-state index is 0.269. The third-order valence-corrected chi connectivity index (χ3v) is 1.37. The molecule has 72 valence electrons. The molecule has 5 nitrogen and oxygen atoms in total. The molecule has 5 heteroatoms. The minimum atomic E-state index is -1.20. The number of hydrogen-bond donors (Lipinski definition) is 1. The molecule has 0 aliphatic carbocycles. The van der Waals surface area contributed by atoms with Crippen molar-refractivity contribution >= 4 is 5.97 Å². The van der Waals surface area contributed by atoms with Gasteiger partial charge in [0.25, 0.3) is 0 Å². The number of carboxylic acid groups (broad SMARTS) is 1. The first-order valence-electron chi connectivity index (χ1n) is 3.61. The molecule has 0 unspecified atom stereocenters. The predicted molar refractivity (Wildman–Crippen MR) is 48.6 cm³/mol. The topological polar surface area (TPSA) is 48.1 Å². The highest BCUT2D eigenvalue weighted by Crippen LogP contribution is 2.11. The fraction of sp³-hybridized carbons (Fsp3) is 0.500. The van der Waals surface area contributed by atoms with Crippen LogP contribution in [0.25, 0.3) is 4.85 Å². The van der Waals surface area contributed by atoms with Crippen molar-refractivity contribution in [2.75, 3.05) is 28.2 Å². The van der Waals surface area contributed by atoms with Crippen LogP contribution in [0.3, 0.4) is 0 Å². The lowest BCUT2D eigenvalue weighted by Crippen LogP contribution is -2.27. The Bertz CT molecular complexity index is 264. The molecule has 0 radical (unpaired) electrons. The first-order valence-corrected chi connectivity index (χ1v) is 3.61. The maximum absolute atomic E-state index is 10.7. The summed E-state index contributed by atoms with van der Waals surface area (Å²) in [6.45, 7) is 6.74. The van der Waals surface area contributed by atoms with Crippen molar-refractivity contribution in [3.05, 3.63) is 22.9 Å². The molecular formula is C8H13N3O2. The SMILES string of the molecule is [C-]#[N+]C(C(=O)O)=C(N(C)C)N(C)C. The Morgan fingerprint density at radius 1 is 1.23 bits per heavy atom. The lowest BCUT2D eigenvalue weighted by molar-refractivity contribution is -0.132. The van der Waals surface area contributed by atoms with E-state index >= 15 is 0 Å². The van der Waals surface area contributed by atoms with Crippen molar-refractivity contribution in [1.82, 2.24) is 9.80 Å². The predicted octanol–water partition coefficient (Wildman–Crippen LogP) is 0.283. The van der Waals surface area contributed by atoms with E-state index in [1.165, 1.54) is 0 Å². The Balaban J connectivity index is 5.30. The number of carbonyl (C=O) groups is 1. The molecule has 0 saturated heterocycles. The molecule has 0 fully saturated rings. The zero-order valence-corrected chi connectivity index (χ0v) is 8.20. The van der Waals surface area contributed by atoms with E-state index in [9.17, 15) is 4.79 Å². The summed E-state index contributed by atoms with van der Waals surface area (Å²) < 4.78 is 0. The number of hydrogen-bond acceptors (Lipinski definition) is 3. The second-order valence-electron chi connectivity index (χ2n) is 2.88. The molecule has 0 rings (SSSR count). The van der Waals surface area contributed by atoms with Gasteiger partial charge in [-0.2, -0.15) is 0 Å². The van der Waals surface area contributed by atoms with Crippen LogP contribution in [0.2, 0.25) is 0 Å². The zero-order valence-electron chi connectivity index (χ0n) is 8.20. The van der Waals surface area contributed by atoms with Crippen molar-refractivity contribution < 1.29 is 9.90 Å². The molecule has 0 amide bonds. The molecular weight excluding hydrogens is 170 g/mol. The Morgan fingerprint density at radius 2 is 1.62 bits per heavy atom. The Hall–Kier alpha value is -1.70. The molecule has 0 aromatic carbocycles. The van der Waals surface area contributed by atoms with E-state index in [0.29, 0.717) is 5.82 Å². The van der Waals surface area contributed by atoms with Gasteiger partial charge in [-0.05, 0) is 0 Å². The average molecular weight is 183 g/mol. The summed E-state index contributed by atoms with van der Waals surface area (Å²) in [5.41, 5.74) is -0.269. The van der Waals surface area contributed by atoms with Crippen LogP contribution in [0.15, 0.2) is 11.5 Å². The Kier molecular flexibility index (Phi) is 3.79. The van der Waals surface area contributed by atoms with E-state index in [1.54, 1.807) is 38.0 Å². The van der Waals surface area contributed by atoms with E-state index in [1.807, 2.05) is 0 Å². The van der Waals surface area contributed by atoms with Crippen LogP contribution >= 0.6 is 0 Å². The smallest absolute Gasteiger partial charge is 0.337 e. The van der Waals surface area contributed by atoms with Crippen molar-refractivity contribution in [3.63, 3.8) is 0 Å². The fourth-order valence-corrected chi connectivity index (χ4v) is 1.02. The maximum Gasteiger partial charge on any atom is 0.337 e. The molecule has 0 atom stereocenters. The van der Waals surface area contributed by atoms with Crippen LogP contribution in [-0.2, 0) is 4.79 Å². The van der Waals surface area contributed by atoms with Crippen molar-refractivity contribution in [1.29, 1.82) is 0 Å². The van der Waals surface area contributed by atoms with E-state index < -0.39 is 5.97 Å². The molecule has 0 spiro atoms. The first kappa shape index (κ1) is 11.3. The normalized spacial score (nSPS) is 8.54. The highest BCUT2D eigenvalue weighted by atomic mass is 16.4. The Morgan fingerprint density at radius 3 is 1.69 bits per heavy atom. The molecule has 13 heavy (non-hydrogen) atoms. The molecule has 0 bridgehead atoms. The van der Waals surface area contributed by atoms with Crippen LogP contribution in [0.1, 0.15) is 0 Å². The number of nitrogens with zero attached hydrogens (tertiary/aromatic N) is 3. The average Bonchev–Trinajstić information content (AvgIpc) is 1.97. The molecule has 0 aliphatic rings. The summed E-state index contributed by atoms with van der Waals surface area (Å²) in [6.07, 6.45) is 0. The van der Waals surface area contributed by atoms with Crippen molar-refractivity contribution in [2.45, 2.75) is 0 Å². The minimum Gasteiger partial charge on any atom is -0.486 e. The largest absolute Gasteiger partial charge is 0.486 e. The van der Waals surface area contributed by atoms with E-state index in [4.69, 9.17) is 11.7 Å². The highest BCUT2D eigenvalue weighted by Gasteiger charge is 2.17. The van der Waals surface area contributed by atoms with Crippen LogP contribution in [0, 0.1) is 6.57 Å². The third kappa shape index (κ3) is 2.67. The van der Waals surface area contributed by atoms with Gasteiger partial charge < -0.3 is 14.9 Å². The van der Waals surface area contributed by atoms with Crippen LogP contribution in [0.5, 0.6) is 0 Å². The van der Waals surface area contributed by atoms with Gasteiger partial charge >= 0.3 is 11.7 Å². The van der Waals surface area contributed by atoms with Gasteiger partial charge in [-0.25, -0.2) is 4.85 Å². The molecule has 0 aromatic heterocycles. The van der Waals surface area contributed by atoms with Gasteiger partial charge in [0.2, 0.25) is 0 Å².